The number of anilines is 1. The number of carbonyl (C=O) groups excluding carboxylic acids is 1. The number of amides is 1. The first-order valence-corrected chi connectivity index (χ1v) is 10.9. The predicted octanol–water partition coefficient (Wildman–Crippen LogP) is 4.79. The summed E-state index contributed by atoms with van der Waals surface area (Å²) >= 11 is 0. The molecule has 2 aromatic rings. The number of morpholine rings is 1. The zero-order valence-electron chi connectivity index (χ0n) is 18.2. The van der Waals surface area contributed by atoms with Crippen LogP contribution in [0.3, 0.4) is 0 Å². The first-order chi connectivity index (χ1) is 15.2. The van der Waals surface area contributed by atoms with E-state index in [1.165, 1.54) is 18.2 Å². The molecule has 2 unspecified atom stereocenters. The highest BCUT2D eigenvalue weighted by Gasteiger charge is 2.32. The summed E-state index contributed by atoms with van der Waals surface area (Å²) in [5.41, 5.74) is 2.99. The number of hydrogen-bond donors (Lipinski definition) is 0. The number of halogens is 3. The molecule has 2 heterocycles. The van der Waals surface area contributed by atoms with Gasteiger partial charge in [0.15, 0.2) is 0 Å². The van der Waals surface area contributed by atoms with Crippen LogP contribution in [0.2, 0.25) is 0 Å². The topological polar surface area (TPSA) is 42.0 Å². The van der Waals surface area contributed by atoms with Crippen molar-refractivity contribution in [1.29, 1.82) is 0 Å². The summed E-state index contributed by atoms with van der Waals surface area (Å²) in [4.78, 5) is 17.1. The molecule has 0 saturated carbocycles. The van der Waals surface area contributed by atoms with Crippen molar-refractivity contribution in [3.8, 4) is 5.75 Å². The molecule has 0 aliphatic carbocycles. The lowest BCUT2D eigenvalue weighted by atomic mass is 10.00. The molecular formula is C24H27F3N2O3. The Hall–Kier alpha value is -2.58. The second kappa shape index (κ2) is 9.11. The fraction of sp³-hybridized carbons (Fsp3) is 0.458. The van der Waals surface area contributed by atoms with Crippen LogP contribution in [0.15, 0.2) is 42.5 Å². The van der Waals surface area contributed by atoms with E-state index in [0.717, 1.165) is 25.2 Å². The number of rotatable bonds is 4. The van der Waals surface area contributed by atoms with Crippen LogP contribution in [0, 0.1) is 0 Å². The molecule has 172 valence electrons. The zero-order valence-corrected chi connectivity index (χ0v) is 18.2. The highest BCUT2D eigenvalue weighted by molar-refractivity contribution is 6.06. The molecule has 32 heavy (non-hydrogen) atoms. The molecule has 1 fully saturated rings. The quantitative estimate of drug-likeness (QED) is 0.675. The number of aryl methyl sites for hydroxylation is 1. The Balaban J connectivity index is 1.46. The van der Waals surface area contributed by atoms with Gasteiger partial charge in [-0.25, -0.2) is 0 Å². The molecule has 0 spiro atoms. The van der Waals surface area contributed by atoms with Crippen molar-refractivity contribution in [3.05, 3.63) is 59.2 Å². The third-order valence-corrected chi connectivity index (χ3v) is 5.75. The van der Waals surface area contributed by atoms with E-state index in [2.05, 4.69) is 23.5 Å². The summed E-state index contributed by atoms with van der Waals surface area (Å²) in [5, 5.41) is 0. The predicted molar refractivity (Wildman–Crippen MR) is 115 cm³/mol. The Morgan fingerprint density at radius 3 is 2.44 bits per heavy atom. The Morgan fingerprint density at radius 1 is 1.09 bits per heavy atom. The lowest BCUT2D eigenvalue weighted by molar-refractivity contribution is -0.274. The van der Waals surface area contributed by atoms with Gasteiger partial charge in [-0.3, -0.25) is 9.69 Å². The van der Waals surface area contributed by atoms with E-state index in [1.54, 1.807) is 4.90 Å². The van der Waals surface area contributed by atoms with Crippen LogP contribution in [0.5, 0.6) is 5.75 Å². The summed E-state index contributed by atoms with van der Waals surface area (Å²) in [6.45, 7) is 7.20. The van der Waals surface area contributed by atoms with Crippen LogP contribution < -0.4 is 9.64 Å². The molecule has 0 radical (unpaired) electrons. The maximum atomic E-state index is 13.2. The number of benzene rings is 2. The molecule has 2 aliphatic rings. The summed E-state index contributed by atoms with van der Waals surface area (Å²) in [6, 6.07) is 11.7. The summed E-state index contributed by atoms with van der Waals surface area (Å²) in [5.74, 6) is -0.419. The standard InChI is InChI=1S/C24H27F3N2O3/c1-16-13-28(14-17(2)31-16)15-18-5-7-19(8-6-18)23(30)29-11-3-4-20-12-21(9-10-22(20)29)32-24(25,26)27/h5-10,12,16-17H,3-4,11,13-15H2,1-2H3. The third-order valence-electron chi connectivity index (χ3n) is 5.75. The minimum Gasteiger partial charge on any atom is -0.406 e. The molecule has 1 saturated heterocycles. The van der Waals surface area contributed by atoms with Crippen molar-refractivity contribution in [2.75, 3.05) is 24.5 Å². The molecule has 0 aromatic heterocycles. The summed E-state index contributed by atoms with van der Waals surface area (Å²) in [7, 11) is 0. The van der Waals surface area contributed by atoms with Crippen LogP contribution in [0.1, 0.15) is 41.8 Å². The van der Waals surface area contributed by atoms with Gasteiger partial charge in [0.25, 0.3) is 5.91 Å². The van der Waals surface area contributed by atoms with E-state index >= 15 is 0 Å². The van der Waals surface area contributed by atoms with Crippen molar-refractivity contribution >= 4 is 11.6 Å². The third kappa shape index (κ3) is 5.42. The van der Waals surface area contributed by atoms with Crippen LogP contribution in [-0.4, -0.2) is 49.0 Å². The first-order valence-electron chi connectivity index (χ1n) is 10.9. The van der Waals surface area contributed by atoms with E-state index in [0.29, 0.717) is 36.2 Å². The van der Waals surface area contributed by atoms with Crippen molar-refractivity contribution in [2.24, 2.45) is 0 Å². The van der Waals surface area contributed by atoms with Crippen molar-refractivity contribution in [3.63, 3.8) is 0 Å². The molecule has 2 aromatic carbocycles. The van der Waals surface area contributed by atoms with Crippen LogP contribution in [0.25, 0.3) is 0 Å². The molecule has 8 heteroatoms. The van der Waals surface area contributed by atoms with Gasteiger partial charge in [0.1, 0.15) is 5.75 Å². The maximum absolute atomic E-state index is 13.2. The number of carbonyl (C=O) groups is 1. The highest BCUT2D eigenvalue weighted by atomic mass is 19.4. The smallest absolute Gasteiger partial charge is 0.406 e. The molecular weight excluding hydrogens is 421 g/mol. The fourth-order valence-electron chi connectivity index (χ4n) is 4.56. The molecule has 4 rings (SSSR count). The summed E-state index contributed by atoms with van der Waals surface area (Å²) in [6.07, 6.45) is -3.07. The second-order valence-corrected chi connectivity index (χ2v) is 8.55. The summed E-state index contributed by atoms with van der Waals surface area (Å²) < 4.78 is 47.4. The van der Waals surface area contributed by atoms with Crippen LogP contribution >= 0.6 is 0 Å². The Labute approximate surface area is 185 Å². The monoisotopic (exact) mass is 448 g/mol. The van der Waals surface area contributed by atoms with Gasteiger partial charge >= 0.3 is 6.36 Å². The molecule has 2 aliphatic heterocycles. The first kappa shape index (κ1) is 22.6. The van der Waals surface area contributed by atoms with Gasteiger partial charge in [0.05, 0.1) is 12.2 Å². The minimum atomic E-state index is -4.74. The Morgan fingerprint density at radius 2 is 1.78 bits per heavy atom. The lowest BCUT2D eigenvalue weighted by Gasteiger charge is -2.35. The van der Waals surface area contributed by atoms with E-state index in [4.69, 9.17) is 4.74 Å². The number of ether oxygens (including phenoxy) is 2. The van der Waals surface area contributed by atoms with Gasteiger partial charge in [-0.2, -0.15) is 0 Å². The van der Waals surface area contributed by atoms with Gasteiger partial charge in [-0.05, 0) is 68.1 Å². The van der Waals surface area contributed by atoms with Crippen molar-refractivity contribution < 1.29 is 27.4 Å². The zero-order chi connectivity index (χ0) is 22.9. The number of hydrogen-bond acceptors (Lipinski definition) is 4. The van der Waals surface area contributed by atoms with Crippen molar-refractivity contribution in [2.45, 2.75) is 51.8 Å². The molecule has 0 N–H and O–H groups in total. The Kier molecular flexibility index (Phi) is 6.44. The molecule has 1 amide bonds. The maximum Gasteiger partial charge on any atom is 0.573 e. The Bertz CT molecular complexity index is 952. The van der Waals surface area contributed by atoms with Crippen molar-refractivity contribution in [1.82, 2.24) is 4.90 Å². The SMILES string of the molecule is CC1CN(Cc2ccc(C(=O)N3CCCc4cc(OC(F)(F)F)ccc43)cc2)CC(C)O1. The average Bonchev–Trinajstić information content (AvgIpc) is 2.71. The largest absolute Gasteiger partial charge is 0.573 e. The normalized spacial score (nSPS) is 21.8. The molecule has 0 bridgehead atoms. The lowest BCUT2D eigenvalue weighted by Crippen LogP contribution is -2.44. The number of fused-ring (bicyclic) bond motifs is 1. The number of nitrogens with zero attached hydrogens (tertiary/aromatic N) is 2. The van der Waals surface area contributed by atoms with Gasteiger partial charge in [-0.1, -0.05) is 12.1 Å². The fourth-order valence-corrected chi connectivity index (χ4v) is 4.56. The van der Waals surface area contributed by atoms with E-state index in [9.17, 15) is 18.0 Å². The van der Waals surface area contributed by atoms with E-state index in [1.807, 2.05) is 24.3 Å². The minimum absolute atomic E-state index is 0.157. The highest BCUT2D eigenvalue weighted by Crippen LogP contribution is 2.33. The van der Waals surface area contributed by atoms with Gasteiger partial charge < -0.3 is 14.4 Å². The van der Waals surface area contributed by atoms with Crippen LogP contribution in [-0.2, 0) is 17.7 Å². The van der Waals surface area contributed by atoms with Gasteiger partial charge in [0.2, 0.25) is 0 Å². The van der Waals surface area contributed by atoms with E-state index < -0.39 is 6.36 Å². The average molecular weight is 448 g/mol. The van der Waals surface area contributed by atoms with E-state index in [-0.39, 0.29) is 23.9 Å². The van der Waals surface area contributed by atoms with Crippen LogP contribution in [0.4, 0.5) is 18.9 Å². The van der Waals surface area contributed by atoms with Gasteiger partial charge in [-0.15, -0.1) is 13.2 Å². The van der Waals surface area contributed by atoms with Gasteiger partial charge in [0, 0.05) is 37.4 Å². The molecule has 2 atom stereocenters. The second-order valence-electron chi connectivity index (χ2n) is 8.55. The molecule has 5 nitrogen and oxygen atoms in total. The number of alkyl halides is 3.